The molecule has 0 saturated heterocycles. The predicted octanol–water partition coefficient (Wildman–Crippen LogP) is 3.94. The molecule has 3 N–H and O–H groups in total. The Morgan fingerprint density at radius 3 is 2.51 bits per heavy atom. The van der Waals surface area contributed by atoms with Gasteiger partial charge in [0.25, 0.3) is 0 Å². The van der Waals surface area contributed by atoms with Crippen LogP contribution in [0.1, 0.15) is 65.0 Å². The summed E-state index contributed by atoms with van der Waals surface area (Å²) >= 11 is 0. The maximum atomic E-state index is 13.4. The van der Waals surface area contributed by atoms with Gasteiger partial charge in [-0.1, -0.05) is 45.9 Å². The Kier molecular flexibility index (Phi) is 6.30. The molecule has 192 valence electrons. The Bertz CT molecular complexity index is 1040. The SMILES string of the molecule is CCC1(CC)CC(=O)N(CC2C(C(=O)N[C@H]3C[C@@H](C(F)(F)F)Oc4ccccc43)C2(C)C)C(N)=N1. The second-order valence-corrected chi connectivity index (χ2v) is 10.5. The first-order valence-corrected chi connectivity index (χ1v) is 12.1. The molecule has 0 aromatic heterocycles. The largest absolute Gasteiger partial charge is 0.480 e. The molecule has 0 bridgehead atoms. The van der Waals surface area contributed by atoms with Crippen molar-refractivity contribution in [2.45, 2.75) is 77.2 Å². The minimum Gasteiger partial charge on any atom is -0.480 e. The van der Waals surface area contributed by atoms with Gasteiger partial charge in [0.1, 0.15) is 5.75 Å². The number of benzene rings is 1. The van der Waals surface area contributed by atoms with Gasteiger partial charge in [0.2, 0.25) is 11.8 Å². The van der Waals surface area contributed by atoms with Crippen molar-refractivity contribution < 1.29 is 27.5 Å². The summed E-state index contributed by atoms with van der Waals surface area (Å²) < 4.78 is 45.5. The third-order valence-corrected chi connectivity index (χ3v) is 8.13. The van der Waals surface area contributed by atoms with Gasteiger partial charge in [-0.05, 0) is 30.2 Å². The van der Waals surface area contributed by atoms with Crippen LogP contribution in [-0.4, -0.2) is 47.0 Å². The lowest BCUT2D eigenvalue weighted by Crippen LogP contribution is -2.52. The molecule has 35 heavy (non-hydrogen) atoms. The smallest absolute Gasteiger partial charge is 0.425 e. The highest BCUT2D eigenvalue weighted by molar-refractivity contribution is 5.99. The summed E-state index contributed by atoms with van der Waals surface area (Å²) in [5.74, 6) is -0.821. The second-order valence-electron chi connectivity index (χ2n) is 10.5. The molecule has 7 nitrogen and oxygen atoms in total. The molecule has 1 fully saturated rings. The van der Waals surface area contributed by atoms with Crippen molar-refractivity contribution in [3.63, 3.8) is 0 Å². The summed E-state index contributed by atoms with van der Waals surface area (Å²) in [6, 6.07) is 5.63. The molecule has 0 spiro atoms. The quantitative estimate of drug-likeness (QED) is 0.626. The number of ether oxygens (including phenoxy) is 1. The van der Waals surface area contributed by atoms with Gasteiger partial charge in [0.15, 0.2) is 12.1 Å². The molecule has 1 aromatic carbocycles. The van der Waals surface area contributed by atoms with Crippen LogP contribution < -0.4 is 15.8 Å². The lowest BCUT2D eigenvalue weighted by atomic mass is 9.88. The van der Waals surface area contributed by atoms with E-state index < -0.39 is 41.6 Å². The highest BCUT2D eigenvalue weighted by atomic mass is 19.4. The minimum absolute atomic E-state index is 0.116. The van der Waals surface area contributed by atoms with Crippen molar-refractivity contribution in [3.05, 3.63) is 29.8 Å². The molecule has 10 heteroatoms. The van der Waals surface area contributed by atoms with Crippen LogP contribution in [0.3, 0.4) is 0 Å². The van der Waals surface area contributed by atoms with Crippen molar-refractivity contribution in [1.82, 2.24) is 10.2 Å². The number of carbonyl (C=O) groups excluding carboxylic acids is 2. The summed E-state index contributed by atoms with van der Waals surface area (Å²) in [5.41, 5.74) is 5.77. The lowest BCUT2D eigenvalue weighted by Gasteiger charge is -2.36. The van der Waals surface area contributed by atoms with E-state index in [0.717, 1.165) is 0 Å². The van der Waals surface area contributed by atoms with Crippen LogP contribution in [0.5, 0.6) is 5.75 Å². The van der Waals surface area contributed by atoms with E-state index in [-0.39, 0.29) is 42.4 Å². The second kappa shape index (κ2) is 8.71. The molecule has 2 unspecified atom stereocenters. The number of nitrogens with two attached hydrogens (primary N) is 1. The molecule has 3 aliphatic rings. The van der Waals surface area contributed by atoms with Crippen molar-refractivity contribution in [1.29, 1.82) is 0 Å². The number of fused-ring (bicyclic) bond motifs is 1. The topological polar surface area (TPSA) is 97.0 Å². The molecular formula is C25H33F3N4O3. The Morgan fingerprint density at radius 1 is 1.26 bits per heavy atom. The average molecular weight is 495 g/mol. The normalized spacial score (nSPS) is 29.1. The minimum atomic E-state index is -4.55. The molecule has 0 radical (unpaired) electrons. The first-order valence-electron chi connectivity index (χ1n) is 12.1. The van der Waals surface area contributed by atoms with E-state index in [4.69, 9.17) is 10.5 Å². The van der Waals surface area contributed by atoms with Crippen LogP contribution in [0.2, 0.25) is 0 Å². The van der Waals surface area contributed by atoms with Crippen LogP contribution in [0.4, 0.5) is 13.2 Å². The fraction of sp³-hybridized carbons (Fsp3) is 0.640. The zero-order valence-corrected chi connectivity index (χ0v) is 20.5. The number of carbonyl (C=O) groups is 2. The Balaban J connectivity index is 1.49. The number of halogens is 3. The van der Waals surface area contributed by atoms with Crippen LogP contribution in [0.15, 0.2) is 29.3 Å². The average Bonchev–Trinajstić information content (AvgIpc) is 3.35. The number of nitrogens with zero attached hydrogens (tertiary/aromatic N) is 2. The summed E-state index contributed by atoms with van der Waals surface area (Å²) in [4.78, 5) is 32.2. The number of guanidine groups is 1. The Morgan fingerprint density at radius 2 is 1.91 bits per heavy atom. The standard InChI is InChI=1S/C25H33F3N4O3/c1-5-24(6-2)12-19(33)32(22(29)31-24)13-15-20(23(15,3)4)21(34)30-16-11-18(25(26,27)28)35-17-10-8-7-9-14(16)17/h7-10,15-16,18,20H,5-6,11-13H2,1-4H3,(H2,29,31)(H,30,34)/t15?,16-,18-,20?/m0/s1. The van der Waals surface area contributed by atoms with E-state index in [1.165, 1.54) is 11.0 Å². The number of aliphatic imine (C=N–C) groups is 1. The molecule has 4 rings (SSSR count). The lowest BCUT2D eigenvalue weighted by molar-refractivity contribution is -0.201. The molecule has 1 aliphatic carbocycles. The van der Waals surface area contributed by atoms with Gasteiger partial charge in [-0.2, -0.15) is 13.2 Å². The molecule has 1 saturated carbocycles. The maximum Gasteiger partial charge on any atom is 0.425 e. The fourth-order valence-electron chi connectivity index (χ4n) is 5.52. The number of rotatable bonds is 6. The number of alkyl halides is 3. The molecule has 2 amide bonds. The van der Waals surface area contributed by atoms with E-state index in [2.05, 4.69) is 10.3 Å². The van der Waals surface area contributed by atoms with Gasteiger partial charge in [0.05, 0.1) is 18.0 Å². The van der Waals surface area contributed by atoms with Crippen LogP contribution in [0.25, 0.3) is 0 Å². The summed E-state index contributed by atoms with van der Waals surface area (Å²) in [6.45, 7) is 8.04. The third kappa shape index (κ3) is 4.59. The first kappa shape index (κ1) is 25.3. The van der Waals surface area contributed by atoms with Crippen molar-refractivity contribution in [2.24, 2.45) is 28.0 Å². The summed E-state index contributed by atoms with van der Waals surface area (Å²) in [7, 11) is 0. The monoisotopic (exact) mass is 494 g/mol. The highest BCUT2D eigenvalue weighted by Gasteiger charge is 2.63. The van der Waals surface area contributed by atoms with Gasteiger partial charge in [-0.25, -0.2) is 4.99 Å². The van der Waals surface area contributed by atoms with E-state index in [9.17, 15) is 22.8 Å². The van der Waals surface area contributed by atoms with Gasteiger partial charge >= 0.3 is 6.18 Å². The molecule has 1 aromatic rings. The Labute approximate surface area is 203 Å². The summed E-state index contributed by atoms with van der Waals surface area (Å²) in [6.07, 6.45) is -5.27. The van der Waals surface area contributed by atoms with Crippen molar-refractivity contribution in [3.8, 4) is 5.75 Å². The third-order valence-electron chi connectivity index (χ3n) is 8.13. The maximum absolute atomic E-state index is 13.4. The Hall–Kier alpha value is -2.78. The van der Waals surface area contributed by atoms with Crippen LogP contribution >= 0.6 is 0 Å². The molecule has 2 heterocycles. The number of hydrogen-bond acceptors (Lipinski definition) is 5. The highest BCUT2D eigenvalue weighted by Crippen LogP contribution is 2.59. The molecule has 2 aliphatic heterocycles. The van der Waals surface area contributed by atoms with Gasteiger partial charge in [0, 0.05) is 24.4 Å². The van der Waals surface area contributed by atoms with Gasteiger partial charge in [-0.15, -0.1) is 0 Å². The predicted molar refractivity (Wildman–Crippen MR) is 124 cm³/mol. The van der Waals surface area contributed by atoms with Gasteiger partial charge in [-0.3, -0.25) is 14.5 Å². The van der Waals surface area contributed by atoms with Crippen LogP contribution in [0, 0.1) is 17.3 Å². The number of para-hydroxylation sites is 1. The number of nitrogens with one attached hydrogen (secondary N) is 1. The van der Waals surface area contributed by atoms with E-state index in [1.54, 1.807) is 18.2 Å². The van der Waals surface area contributed by atoms with Crippen molar-refractivity contribution in [2.75, 3.05) is 6.54 Å². The van der Waals surface area contributed by atoms with E-state index >= 15 is 0 Å². The molecule has 4 atom stereocenters. The fourth-order valence-corrected chi connectivity index (χ4v) is 5.52. The number of hydrogen-bond donors (Lipinski definition) is 2. The number of amides is 2. The zero-order chi connectivity index (χ0) is 25.8. The van der Waals surface area contributed by atoms with Crippen LogP contribution in [-0.2, 0) is 9.59 Å². The molecular weight excluding hydrogens is 461 g/mol. The van der Waals surface area contributed by atoms with Crippen molar-refractivity contribution >= 4 is 17.8 Å². The van der Waals surface area contributed by atoms with E-state index in [1.807, 2.05) is 27.7 Å². The summed E-state index contributed by atoms with van der Waals surface area (Å²) in [5, 5.41) is 2.83. The first-order chi connectivity index (χ1) is 16.3. The zero-order valence-electron chi connectivity index (χ0n) is 20.5. The van der Waals surface area contributed by atoms with E-state index in [0.29, 0.717) is 18.4 Å². The van der Waals surface area contributed by atoms with Gasteiger partial charge < -0.3 is 15.8 Å².